The summed E-state index contributed by atoms with van der Waals surface area (Å²) in [4.78, 5) is 0. The first kappa shape index (κ1) is 28.1. The second-order valence-electron chi connectivity index (χ2n) is 7.69. The van der Waals surface area contributed by atoms with E-state index < -0.39 is 0 Å². The molecule has 0 unspecified atom stereocenters. The summed E-state index contributed by atoms with van der Waals surface area (Å²) in [6.45, 7) is 3.97. The lowest BCUT2D eigenvalue weighted by Crippen LogP contribution is -2.29. The van der Waals surface area contributed by atoms with Crippen LogP contribution in [-0.2, 0) is 0 Å². The molecule has 0 aliphatic rings. The van der Waals surface area contributed by atoms with Crippen molar-refractivity contribution in [3.8, 4) is 0 Å². The molecule has 0 aromatic heterocycles. The van der Waals surface area contributed by atoms with Gasteiger partial charge in [0.25, 0.3) is 0 Å². The molecule has 0 heterocycles. The lowest BCUT2D eigenvalue weighted by atomic mass is 10.1. The maximum Gasteiger partial charge on any atom is 0.0520 e. The molecule has 0 fully saturated rings. The Labute approximate surface area is 165 Å². The summed E-state index contributed by atoms with van der Waals surface area (Å²) >= 11 is 0. The maximum atomic E-state index is 5.47. The summed E-state index contributed by atoms with van der Waals surface area (Å²) in [6, 6.07) is 0. The third-order valence-electron chi connectivity index (χ3n) is 4.80. The molecule has 0 spiro atoms. The monoisotopic (exact) mass is 372 g/mol. The first-order valence-electron chi connectivity index (χ1n) is 11.6. The summed E-state index contributed by atoms with van der Waals surface area (Å²) in [6.07, 6.45) is 23.6. The predicted molar refractivity (Wildman–Crippen MR) is 119 cm³/mol. The average Bonchev–Trinajstić information content (AvgIpc) is 2.63. The molecule has 0 aliphatic heterocycles. The van der Waals surface area contributed by atoms with E-state index >= 15 is 0 Å². The minimum Gasteiger partial charge on any atom is -0.330 e. The molecule has 0 aliphatic carbocycles. The van der Waals surface area contributed by atoms with Gasteiger partial charge in [0.15, 0.2) is 0 Å². The van der Waals surface area contributed by atoms with Gasteiger partial charge in [-0.05, 0) is 32.4 Å². The van der Waals surface area contributed by atoms with Gasteiger partial charge in [-0.2, -0.15) is 0 Å². The standard InChI is InChI=1S/C12H28N2.C10H24N2/c1-2-3-4-5-6-7-8-9-10-11-12(13)14;11-9-7-5-3-1-2-4-6-8-10-12/h12H,2-11,13-14H2,1H3;1-12H2. The van der Waals surface area contributed by atoms with Gasteiger partial charge in [0.05, 0.1) is 6.17 Å². The SMILES string of the molecule is CCCCCCCCCCCC(N)N.NCCCCCCCCCCN. The van der Waals surface area contributed by atoms with E-state index in [1.165, 1.54) is 109 Å². The van der Waals surface area contributed by atoms with Crippen LogP contribution >= 0.6 is 0 Å². The van der Waals surface area contributed by atoms with Crippen LogP contribution in [0.25, 0.3) is 0 Å². The zero-order chi connectivity index (χ0) is 19.7. The molecule has 0 atom stereocenters. The Hall–Kier alpha value is -0.160. The fraction of sp³-hybridized carbons (Fsp3) is 1.00. The Morgan fingerprint density at radius 3 is 1.08 bits per heavy atom. The summed E-state index contributed by atoms with van der Waals surface area (Å²) in [7, 11) is 0. The Morgan fingerprint density at radius 1 is 0.462 bits per heavy atom. The van der Waals surface area contributed by atoms with Crippen molar-refractivity contribution in [2.45, 2.75) is 129 Å². The van der Waals surface area contributed by atoms with Gasteiger partial charge >= 0.3 is 0 Å². The van der Waals surface area contributed by atoms with Crippen LogP contribution < -0.4 is 22.9 Å². The molecule has 0 amide bonds. The van der Waals surface area contributed by atoms with Gasteiger partial charge in [-0.3, -0.25) is 0 Å². The van der Waals surface area contributed by atoms with Gasteiger partial charge in [0, 0.05) is 0 Å². The van der Waals surface area contributed by atoms with Gasteiger partial charge in [-0.25, -0.2) is 0 Å². The smallest absolute Gasteiger partial charge is 0.0520 e. The summed E-state index contributed by atoms with van der Waals surface area (Å²) in [5, 5.41) is 0. The topological polar surface area (TPSA) is 104 Å². The number of hydrogen-bond acceptors (Lipinski definition) is 4. The quantitative estimate of drug-likeness (QED) is 0.185. The molecule has 160 valence electrons. The van der Waals surface area contributed by atoms with Crippen LogP contribution in [0, 0.1) is 0 Å². The fourth-order valence-corrected chi connectivity index (χ4v) is 3.04. The maximum absolute atomic E-state index is 5.47. The molecule has 0 aromatic rings. The first-order valence-corrected chi connectivity index (χ1v) is 11.6. The first-order chi connectivity index (χ1) is 12.7. The largest absolute Gasteiger partial charge is 0.330 e. The molecule has 0 rings (SSSR count). The average molecular weight is 373 g/mol. The van der Waals surface area contributed by atoms with Crippen LogP contribution in [0.4, 0.5) is 0 Å². The van der Waals surface area contributed by atoms with E-state index in [0.717, 1.165) is 19.5 Å². The van der Waals surface area contributed by atoms with Crippen LogP contribution in [-0.4, -0.2) is 19.3 Å². The van der Waals surface area contributed by atoms with Crippen molar-refractivity contribution in [1.29, 1.82) is 0 Å². The van der Waals surface area contributed by atoms with Gasteiger partial charge in [0.1, 0.15) is 0 Å². The van der Waals surface area contributed by atoms with Crippen LogP contribution in [0.2, 0.25) is 0 Å². The van der Waals surface area contributed by atoms with Gasteiger partial charge in [-0.1, -0.05) is 103 Å². The number of unbranched alkanes of at least 4 members (excludes halogenated alkanes) is 15. The van der Waals surface area contributed by atoms with Gasteiger partial charge in [-0.15, -0.1) is 0 Å². The van der Waals surface area contributed by atoms with E-state index in [0.29, 0.717) is 0 Å². The second-order valence-corrected chi connectivity index (χ2v) is 7.69. The second kappa shape index (κ2) is 27.1. The van der Waals surface area contributed by atoms with Crippen LogP contribution in [0.5, 0.6) is 0 Å². The minimum atomic E-state index is -0.0976. The van der Waals surface area contributed by atoms with E-state index in [4.69, 9.17) is 22.9 Å². The van der Waals surface area contributed by atoms with E-state index in [1.807, 2.05) is 0 Å². The summed E-state index contributed by atoms with van der Waals surface area (Å²) in [5.74, 6) is 0. The highest BCUT2D eigenvalue weighted by atomic mass is 14.8. The highest BCUT2D eigenvalue weighted by molar-refractivity contribution is 4.52. The minimum absolute atomic E-state index is 0.0976. The highest BCUT2D eigenvalue weighted by Crippen LogP contribution is 2.10. The van der Waals surface area contributed by atoms with Crippen molar-refractivity contribution in [2.75, 3.05) is 13.1 Å². The lowest BCUT2D eigenvalue weighted by Gasteiger charge is -2.04. The number of rotatable bonds is 19. The summed E-state index contributed by atoms with van der Waals surface area (Å²) in [5.41, 5.74) is 21.7. The highest BCUT2D eigenvalue weighted by Gasteiger charge is 1.95. The van der Waals surface area contributed by atoms with E-state index in [2.05, 4.69) is 6.92 Å². The molecule has 0 radical (unpaired) electrons. The molecule has 26 heavy (non-hydrogen) atoms. The normalized spacial score (nSPS) is 10.8. The molecule has 0 saturated heterocycles. The van der Waals surface area contributed by atoms with E-state index in [-0.39, 0.29) is 6.17 Å². The van der Waals surface area contributed by atoms with Crippen LogP contribution in [0.15, 0.2) is 0 Å². The predicted octanol–water partition coefficient (Wildman–Crippen LogP) is 5.18. The molecule has 0 bridgehead atoms. The van der Waals surface area contributed by atoms with Crippen molar-refractivity contribution in [2.24, 2.45) is 22.9 Å². The van der Waals surface area contributed by atoms with Crippen molar-refractivity contribution in [1.82, 2.24) is 0 Å². The van der Waals surface area contributed by atoms with Gasteiger partial charge < -0.3 is 22.9 Å². The lowest BCUT2D eigenvalue weighted by molar-refractivity contribution is 0.530. The Kier molecular flexibility index (Phi) is 29.2. The van der Waals surface area contributed by atoms with Crippen molar-refractivity contribution >= 4 is 0 Å². The number of nitrogens with two attached hydrogens (primary N) is 4. The summed E-state index contributed by atoms with van der Waals surface area (Å²) < 4.78 is 0. The third-order valence-corrected chi connectivity index (χ3v) is 4.80. The zero-order valence-electron chi connectivity index (χ0n) is 18.0. The zero-order valence-corrected chi connectivity index (χ0v) is 18.0. The van der Waals surface area contributed by atoms with E-state index in [9.17, 15) is 0 Å². The Bertz CT molecular complexity index is 212. The molecule has 4 heteroatoms. The molecular weight excluding hydrogens is 320 g/mol. The molecule has 0 aromatic carbocycles. The molecule has 4 nitrogen and oxygen atoms in total. The van der Waals surface area contributed by atoms with Crippen molar-refractivity contribution in [3.05, 3.63) is 0 Å². The van der Waals surface area contributed by atoms with Crippen LogP contribution in [0.3, 0.4) is 0 Å². The van der Waals surface area contributed by atoms with Crippen LogP contribution in [0.1, 0.15) is 122 Å². The molecule has 8 N–H and O–H groups in total. The van der Waals surface area contributed by atoms with Gasteiger partial charge in [0.2, 0.25) is 0 Å². The third kappa shape index (κ3) is 31.6. The van der Waals surface area contributed by atoms with Crippen molar-refractivity contribution in [3.63, 3.8) is 0 Å². The Morgan fingerprint density at radius 2 is 0.769 bits per heavy atom. The number of hydrogen-bond donors (Lipinski definition) is 4. The Balaban J connectivity index is 0. The fourth-order valence-electron chi connectivity index (χ4n) is 3.04. The van der Waals surface area contributed by atoms with Crippen molar-refractivity contribution < 1.29 is 0 Å². The molecule has 0 saturated carbocycles. The molecular formula is C22H52N4. The van der Waals surface area contributed by atoms with E-state index in [1.54, 1.807) is 0 Å².